The summed E-state index contributed by atoms with van der Waals surface area (Å²) in [7, 11) is 0. The van der Waals surface area contributed by atoms with Gasteiger partial charge in [-0.25, -0.2) is 0 Å². The largest absolute Gasteiger partial charge is 0.398 e. The lowest BCUT2D eigenvalue weighted by Crippen LogP contribution is -2.15. The maximum Gasteiger partial charge on any atom is 0.0377 e. The number of hydrogen-bond donors (Lipinski definition) is 2. The highest BCUT2D eigenvalue weighted by Crippen LogP contribution is 2.11. The van der Waals surface area contributed by atoms with Gasteiger partial charge in [-0.1, -0.05) is 0 Å². The quantitative estimate of drug-likeness (QED) is 0.700. The first-order valence-electron chi connectivity index (χ1n) is 4.14. The van der Waals surface area contributed by atoms with Crippen LogP contribution in [0, 0.1) is 0 Å². The molecule has 1 rings (SSSR count). The molecule has 0 aromatic carbocycles. The number of pyridine rings is 1. The second kappa shape index (κ2) is 4.07. The maximum atomic E-state index is 5.73. The van der Waals surface area contributed by atoms with Gasteiger partial charge in [-0.15, -0.1) is 0 Å². The van der Waals surface area contributed by atoms with Crippen LogP contribution in [0.1, 0.15) is 18.9 Å². The second-order valence-electron chi connectivity index (χ2n) is 3.09. The van der Waals surface area contributed by atoms with Crippen LogP contribution in [0.5, 0.6) is 0 Å². The summed E-state index contributed by atoms with van der Waals surface area (Å²) < 4.78 is 0. The van der Waals surface area contributed by atoms with Crippen LogP contribution in [0.15, 0.2) is 18.5 Å². The lowest BCUT2D eigenvalue weighted by atomic mass is 10.1. The molecule has 0 bridgehead atoms. The zero-order chi connectivity index (χ0) is 8.97. The summed E-state index contributed by atoms with van der Waals surface area (Å²) in [5.74, 6) is 0. The van der Waals surface area contributed by atoms with Crippen molar-refractivity contribution in [1.29, 1.82) is 0 Å². The Balaban J connectivity index is 2.57. The van der Waals surface area contributed by atoms with Gasteiger partial charge in [0.25, 0.3) is 0 Å². The third-order valence-electron chi connectivity index (χ3n) is 1.81. The van der Waals surface area contributed by atoms with Gasteiger partial charge in [-0.3, -0.25) is 4.98 Å². The summed E-state index contributed by atoms with van der Waals surface area (Å²) in [5, 5.41) is 0. The van der Waals surface area contributed by atoms with Gasteiger partial charge in [0, 0.05) is 24.1 Å². The predicted octanol–water partition coefficient (Wildman–Crippen LogP) is 0.944. The van der Waals surface area contributed by atoms with Crippen LogP contribution in [-0.2, 0) is 6.42 Å². The minimum Gasteiger partial charge on any atom is -0.398 e. The van der Waals surface area contributed by atoms with Gasteiger partial charge < -0.3 is 11.5 Å². The number of aromatic nitrogens is 1. The molecule has 1 aromatic rings. The van der Waals surface area contributed by atoms with E-state index in [1.807, 2.05) is 13.0 Å². The number of hydrogen-bond acceptors (Lipinski definition) is 3. The first kappa shape index (κ1) is 9.00. The van der Waals surface area contributed by atoms with E-state index >= 15 is 0 Å². The van der Waals surface area contributed by atoms with Crippen LogP contribution >= 0.6 is 0 Å². The van der Waals surface area contributed by atoms with E-state index in [2.05, 4.69) is 4.98 Å². The Kier molecular flexibility index (Phi) is 3.05. The predicted molar refractivity (Wildman–Crippen MR) is 50.6 cm³/mol. The monoisotopic (exact) mass is 165 g/mol. The molecule has 1 aromatic heterocycles. The van der Waals surface area contributed by atoms with Crippen LogP contribution in [0.2, 0.25) is 0 Å². The van der Waals surface area contributed by atoms with E-state index in [0.29, 0.717) is 0 Å². The van der Waals surface area contributed by atoms with Crippen molar-refractivity contribution in [2.24, 2.45) is 5.73 Å². The average molecular weight is 165 g/mol. The Bertz CT molecular complexity index is 245. The van der Waals surface area contributed by atoms with Crippen LogP contribution in [-0.4, -0.2) is 11.0 Å². The minimum absolute atomic E-state index is 0.226. The molecule has 3 heteroatoms. The van der Waals surface area contributed by atoms with Gasteiger partial charge in [-0.05, 0) is 31.4 Å². The molecule has 0 spiro atoms. The lowest BCUT2D eigenvalue weighted by molar-refractivity contribution is 0.666. The van der Waals surface area contributed by atoms with Crippen molar-refractivity contribution in [2.45, 2.75) is 25.8 Å². The van der Waals surface area contributed by atoms with E-state index in [1.165, 1.54) is 0 Å². The number of nitrogen functional groups attached to an aromatic ring is 1. The van der Waals surface area contributed by atoms with Gasteiger partial charge in [-0.2, -0.15) is 0 Å². The molecule has 4 N–H and O–H groups in total. The fraction of sp³-hybridized carbons (Fsp3) is 0.444. The summed E-state index contributed by atoms with van der Waals surface area (Å²) in [6.07, 6.45) is 5.37. The Morgan fingerprint density at radius 2 is 2.33 bits per heavy atom. The Labute approximate surface area is 72.8 Å². The summed E-state index contributed by atoms with van der Waals surface area (Å²) >= 11 is 0. The van der Waals surface area contributed by atoms with Crippen LogP contribution in [0.4, 0.5) is 5.69 Å². The Morgan fingerprint density at radius 1 is 1.58 bits per heavy atom. The van der Waals surface area contributed by atoms with Crippen molar-refractivity contribution in [1.82, 2.24) is 4.98 Å². The fourth-order valence-electron chi connectivity index (χ4n) is 1.03. The van der Waals surface area contributed by atoms with Crippen molar-refractivity contribution in [3.05, 3.63) is 24.0 Å². The number of nitrogens with two attached hydrogens (primary N) is 2. The molecule has 1 heterocycles. The molecule has 0 aliphatic carbocycles. The smallest absolute Gasteiger partial charge is 0.0377 e. The highest BCUT2D eigenvalue weighted by Gasteiger charge is 1.99. The van der Waals surface area contributed by atoms with E-state index in [4.69, 9.17) is 11.5 Å². The van der Waals surface area contributed by atoms with E-state index in [1.54, 1.807) is 12.4 Å². The molecule has 0 aliphatic heterocycles. The van der Waals surface area contributed by atoms with Crippen LogP contribution in [0.25, 0.3) is 0 Å². The molecule has 1 unspecified atom stereocenters. The molecule has 0 saturated carbocycles. The topological polar surface area (TPSA) is 64.9 Å². The highest BCUT2D eigenvalue weighted by molar-refractivity contribution is 5.44. The fourth-order valence-corrected chi connectivity index (χ4v) is 1.03. The van der Waals surface area contributed by atoms with Gasteiger partial charge in [0.15, 0.2) is 0 Å². The summed E-state index contributed by atoms with van der Waals surface area (Å²) in [5.41, 5.74) is 13.3. The number of rotatable bonds is 3. The normalized spacial score (nSPS) is 12.8. The molecule has 3 nitrogen and oxygen atoms in total. The average Bonchev–Trinajstić information content (AvgIpc) is 2.03. The van der Waals surface area contributed by atoms with Gasteiger partial charge in [0.2, 0.25) is 0 Å². The van der Waals surface area contributed by atoms with Gasteiger partial charge >= 0.3 is 0 Å². The molecule has 12 heavy (non-hydrogen) atoms. The second-order valence-corrected chi connectivity index (χ2v) is 3.09. The van der Waals surface area contributed by atoms with Crippen molar-refractivity contribution in [3.8, 4) is 0 Å². The van der Waals surface area contributed by atoms with Crippen molar-refractivity contribution >= 4 is 5.69 Å². The lowest BCUT2D eigenvalue weighted by Gasteiger charge is -2.06. The van der Waals surface area contributed by atoms with E-state index in [-0.39, 0.29) is 6.04 Å². The highest BCUT2D eigenvalue weighted by atomic mass is 14.7. The summed E-state index contributed by atoms with van der Waals surface area (Å²) in [6.45, 7) is 1.99. The van der Waals surface area contributed by atoms with E-state index in [0.717, 1.165) is 24.1 Å². The molecule has 0 fully saturated rings. The third-order valence-corrected chi connectivity index (χ3v) is 1.81. The molecule has 1 atom stereocenters. The van der Waals surface area contributed by atoms with E-state index < -0.39 is 0 Å². The molecule has 0 radical (unpaired) electrons. The Morgan fingerprint density at radius 3 is 2.92 bits per heavy atom. The van der Waals surface area contributed by atoms with Crippen molar-refractivity contribution in [2.75, 3.05) is 5.73 Å². The summed E-state index contributed by atoms with van der Waals surface area (Å²) in [6, 6.07) is 2.04. The zero-order valence-electron chi connectivity index (χ0n) is 7.33. The van der Waals surface area contributed by atoms with Gasteiger partial charge in [0.1, 0.15) is 0 Å². The first-order chi connectivity index (χ1) is 5.70. The molecule has 0 amide bonds. The zero-order valence-corrected chi connectivity index (χ0v) is 7.33. The van der Waals surface area contributed by atoms with E-state index in [9.17, 15) is 0 Å². The molecule has 66 valence electrons. The maximum absolute atomic E-state index is 5.73. The SMILES string of the molecule is CC(N)CCc1cnccc1N. The van der Waals surface area contributed by atoms with Crippen molar-refractivity contribution < 1.29 is 0 Å². The number of anilines is 1. The third kappa shape index (κ3) is 2.51. The number of aryl methyl sites for hydroxylation is 1. The molecular formula is C9H15N3. The Hall–Kier alpha value is -1.09. The summed E-state index contributed by atoms with van der Waals surface area (Å²) in [4.78, 5) is 4.00. The first-order valence-corrected chi connectivity index (χ1v) is 4.14. The van der Waals surface area contributed by atoms with Gasteiger partial charge in [0.05, 0.1) is 0 Å². The van der Waals surface area contributed by atoms with Crippen LogP contribution in [0.3, 0.4) is 0 Å². The number of nitrogens with zero attached hydrogens (tertiary/aromatic N) is 1. The molecular weight excluding hydrogens is 150 g/mol. The van der Waals surface area contributed by atoms with Crippen LogP contribution < -0.4 is 11.5 Å². The molecule has 0 aliphatic rings. The minimum atomic E-state index is 0.226. The van der Waals surface area contributed by atoms with Crippen molar-refractivity contribution in [3.63, 3.8) is 0 Å². The molecule has 0 saturated heterocycles. The standard InChI is InChI=1S/C9H15N3/c1-7(10)2-3-8-6-12-5-4-9(8)11/h4-7H,2-3,10H2,1H3,(H2,11,12).